The Labute approximate surface area is 389 Å². The Kier molecular flexibility index (Phi) is 14.4. The molecule has 0 heterocycles. The van der Waals surface area contributed by atoms with Crippen LogP contribution in [-0.2, 0) is 11.8 Å². The zero-order valence-corrected chi connectivity index (χ0v) is 39.9. The number of rotatable bonds is 20. The van der Waals surface area contributed by atoms with Crippen molar-refractivity contribution in [3.63, 3.8) is 0 Å². The fourth-order valence-corrected chi connectivity index (χ4v) is 9.48. The number of hydrogen-bond donors (Lipinski definition) is 0. The first kappa shape index (κ1) is 45.3. The lowest BCUT2D eigenvalue weighted by Crippen LogP contribution is -2.24. The van der Waals surface area contributed by atoms with Crippen molar-refractivity contribution in [2.75, 3.05) is 23.0 Å². The number of nitrogens with zero attached hydrogens (tertiary/aromatic N) is 2. The van der Waals surface area contributed by atoms with Gasteiger partial charge in [0, 0.05) is 39.5 Å². The molecule has 0 fully saturated rings. The molecule has 1 aliphatic carbocycles. The normalized spacial score (nSPS) is 12.4. The minimum absolute atomic E-state index is 0.452. The summed E-state index contributed by atoms with van der Waals surface area (Å²) in [6.07, 6.45) is 10.4. The Balaban J connectivity index is 1.28. The SMILES string of the molecule is CCCCCCc1cc(C)cc(C2(C)c3cc(N(c4ccc(C)cc4)c4ccc(OCCCC)cc4)ccc3-c3ccc(N(c4ccc(C)cc4)c4ccc(OCCCC)cc4)cc32)c1. The van der Waals surface area contributed by atoms with Crippen LogP contribution in [0.4, 0.5) is 34.1 Å². The maximum Gasteiger partial charge on any atom is 0.119 e. The lowest BCUT2D eigenvalue weighted by Gasteiger charge is -2.32. The van der Waals surface area contributed by atoms with Crippen molar-refractivity contribution in [1.29, 1.82) is 0 Å². The molecule has 7 aromatic carbocycles. The molecule has 0 radical (unpaired) electrons. The Bertz CT molecular complexity index is 2490. The van der Waals surface area contributed by atoms with Gasteiger partial charge in [0.1, 0.15) is 11.5 Å². The molecule has 1 aliphatic rings. The molecule has 4 heteroatoms. The Morgan fingerprint density at radius 1 is 0.400 bits per heavy atom. The van der Waals surface area contributed by atoms with Crippen LogP contribution in [0.3, 0.4) is 0 Å². The third kappa shape index (κ3) is 10.0. The molecule has 0 amide bonds. The van der Waals surface area contributed by atoms with Crippen LogP contribution in [0.25, 0.3) is 11.1 Å². The Morgan fingerprint density at radius 2 is 0.815 bits per heavy atom. The first-order valence-electron chi connectivity index (χ1n) is 24.3. The van der Waals surface area contributed by atoms with Gasteiger partial charge in [-0.05, 0) is 184 Å². The van der Waals surface area contributed by atoms with Crippen LogP contribution in [0.1, 0.15) is 118 Å². The molecule has 0 bridgehead atoms. The molecule has 0 saturated heterocycles. The number of fused-ring (bicyclic) bond motifs is 3. The standard InChI is InChI=1S/C61H68N2O2/c1-8-11-14-15-16-47-39-46(6)40-48(41-47)61(7)59-42-53(62(49-21-17-44(4)18-22-49)51-25-31-55(32-26-51)64-37-12-9-2)29-35-57(59)58-36-30-54(43-60(58)61)63(50-23-19-45(5)20-24-50)52-27-33-56(34-28-52)65-38-13-10-3/h17-36,39-43H,8-16,37-38H2,1-7H3. The zero-order valence-electron chi connectivity index (χ0n) is 39.9. The summed E-state index contributed by atoms with van der Waals surface area (Å²) in [5.74, 6) is 1.81. The number of ether oxygens (including phenoxy) is 2. The summed E-state index contributed by atoms with van der Waals surface area (Å²) in [4.78, 5) is 4.79. The summed E-state index contributed by atoms with van der Waals surface area (Å²) in [6.45, 7) is 17.2. The van der Waals surface area contributed by atoms with Crippen LogP contribution >= 0.6 is 0 Å². The largest absolute Gasteiger partial charge is 0.494 e. The van der Waals surface area contributed by atoms with Gasteiger partial charge in [-0.2, -0.15) is 0 Å². The van der Waals surface area contributed by atoms with Crippen molar-refractivity contribution in [1.82, 2.24) is 0 Å². The molecule has 0 aromatic heterocycles. The van der Waals surface area contributed by atoms with Gasteiger partial charge in [-0.1, -0.05) is 124 Å². The fourth-order valence-electron chi connectivity index (χ4n) is 9.48. The average molecular weight is 861 g/mol. The molecule has 4 nitrogen and oxygen atoms in total. The van der Waals surface area contributed by atoms with E-state index in [1.54, 1.807) is 0 Å². The van der Waals surface area contributed by atoms with Crippen LogP contribution in [0.2, 0.25) is 0 Å². The Hall–Kier alpha value is -6.26. The second-order valence-electron chi connectivity index (χ2n) is 18.3. The maximum absolute atomic E-state index is 6.12. The summed E-state index contributed by atoms with van der Waals surface area (Å²) in [5.41, 5.74) is 18.0. The van der Waals surface area contributed by atoms with E-state index in [1.165, 1.54) is 75.8 Å². The summed E-state index contributed by atoms with van der Waals surface area (Å²) in [7, 11) is 0. The highest BCUT2D eigenvalue weighted by atomic mass is 16.5. The van der Waals surface area contributed by atoms with E-state index in [9.17, 15) is 0 Å². The topological polar surface area (TPSA) is 24.9 Å². The molecule has 334 valence electrons. The first-order valence-corrected chi connectivity index (χ1v) is 24.3. The highest BCUT2D eigenvalue weighted by molar-refractivity contribution is 5.90. The number of hydrogen-bond acceptors (Lipinski definition) is 4. The summed E-state index contributed by atoms with van der Waals surface area (Å²) < 4.78 is 12.2. The maximum atomic E-state index is 6.12. The molecular weight excluding hydrogens is 793 g/mol. The van der Waals surface area contributed by atoms with Crippen molar-refractivity contribution < 1.29 is 9.47 Å². The van der Waals surface area contributed by atoms with Gasteiger partial charge < -0.3 is 19.3 Å². The molecule has 0 saturated carbocycles. The van der Waals surface area contributed by atoms with Crippen LogP contribution in [0.5, 0.6) is 11.5 Å². The minimum atomic E-state index is -0.452. The van der Waals surface area contributed by atoms with E-state index in [0.29, 0.717) is 0 Å². The summed E-state index contributed by atoms with van der Waals surface area (Å²) in [6, 6.07) is 56.7. The van der Waals surface area contributed by atoms with Gasteiger partial charge in [0.15, 0.2) is 0 Å². The van der Waals surface area contributed by atoms with E-state index >= 15 is 0 Å². The summed E-state index contributed by atoms with van der Waals surface area (Å²) >= 11 is 0. The number of aryl methyl sites for hydroxylation is 4. The Morgan fingerprint density at radius 3 is 1.25 bits per heavy atom. The summed E-state index contributed by atoms with van der Waals surface area (Å²) in [5, 5.41) is 0. The molecular formula is C61H68N2O2. The number of benzene rings is 7. The van der Waals surface area contributed by atoms with E-state index < -0.39 is 5.41 Å². The van der Waals surface area contributed by atoms with Gasteiger partial charge >= 0.3 is 0 Å². The van der Waals surface area contributed by atoms with E-state index in [1.807, 2.05) is 0 Å². The van der Waals surface area contributed by atoms with E-state index in [0.717, 1.165) is 90.9 Å². The van der Waals surface area contributed by atoms with Crippen molar-refractivity contribution in [3.8, 4) is 22.6 Å². The first-order chi connectivity index (χ1) is 31.7. The van der Waals surface area contributed by atoms with E-state index in [2.05, 4.69) is 210 Å². The highest BCUT2D eigenvalue weighted by Gasteiger charge is 2.42. The van der Waals surface area contributed by atoms with Crippen LogP contribution in [-0.4, -0.2) is 13.2 Å². The van der Waals surface area contributed by atoms with Crippen molar-refractivity contribution >= 4 is 34.1 Å². The molecule has 0 atom stereocenters. The van der Waals surface area contributed by atoms with E-state index in [-0.39, 0.29) is 0 Å². The van der Waals surface area contributed by atoms with Gasteiger partial charge in [-0.3, -0.25) is 0 Å². The van der Waals surface area contributed by atoms with Crippen LogP contribution in [0, 0.1) is 20.8 Å². The molecule has 0 unspecified atom stereocenters. The lowest BCUT2D eigenvalue weighted by atomic mass is 9.73. The van der Waals surface area contributed by atoms with E-state index in [4.69, 9.17) is 9.47 Å². The monoisotopic (exact) mass is 861 g/mol. The second-order valence-corrected chi connectivity index (χ2v) is 18.3. The smallest absolute Gasteiger partial charge is 0.119 e. The van der Waals surface area contributed by atoms with Crippen molar-refractivity contribution in [3.05, 3.63) is 191 Å². The second kappa shape index (κ2) is 20.7. The fraction of sp³-hybridized carbons (Fsp3) is 0.311. The molecule has 0 aliphatic heterocycles. The predicted molar refractivity (Wildman–Crippen MR) is 276 cm³/mol. The van der Waals surface area contributed by atoms with Crippen LogP contribution < -0.4 is 19.3 Å². The van der Waals surface area contributed by atoms with Gasteiger partial charge in [-0.15, -0.1) is 0 Å². The predicted octanol–water partition coefficient (Wildman–Crippen LogP) is 17.4. The van der Waals surface area contributed by atoms with Gasteiger partial charge in [0.2, 0.25) is 0 Å². The molecule has 8 rings (SSSR count). The minimum Gasteiger partial charge on any atom is -0.494 e. The lowest BCUT2D eigenvalue weighted by molar-refractivity contribution is 0.309. The van der Waals surface area contributed by atoms with Gasteiger partial charge in [0.05, 0.1) is 13.2 Å². The van der Waals surface area contributed by atoms with Crippen molar-refractivity contribution in [2.45, 2.75) is 112 Å². The van der Waals surface area contributed by atoms with Crippen LogP contribution in [0.15, 0.2) is 152 Å². The quantitative estimate of drug-likeness (QED) is 0.0713. The number of unbranched alkanes of at least 4 members (excludes halogenated alkanes) is 5. The zero-order chi connectivity index (χ0) is 45.3. The molecule has 65 heavy (non-hydrogen) atoms. The average Bonchev–Trinajstić information content (AvgIpc) is 3.57. The molecule has 0 spiro atoms. The number of anilines is 6. The van der Waals surface area contributed by atoms with Gasteiger partial charge in [0.25, 0.3) is 0 Å². The van der Waals surface area contributed by atoms with Crippen molar-refractivity contribution in [2.24, 2.45) is 0 Å². The molecule has 7 aromatic rings. The van der Waals surface area contributed by atoms with Gasteiger partial charge in [-0.25, -0.2) is 0 Å². The third-order valence-electron chi connectivity index (χ3n) is 13.2. The highest BCUT2D eigenvalue weighted by Crippen LogP contribution is 2.56. The molecule has 0 N–H and O–H groups in total. The third-order valence-corrected chi connectivity index (χ3v) is 13.2.